The zero-order chi connectivity index (χ0) is 22.9. The van der Waals surface area contributed by atoms with E-state index < -0.39 is 0 Å². The summed E-state index contributed by atoms with van der Waals surface area (Å²) >= 11 is 0. The van der Waals surface area contributed by atoms with E-state index in [-0.39, 0.29) is 36.0 Å². The number of amides is 2. The van der Waals surface area contributed by atoms with E-state index in [0.29, 0.717) is 24.9 Å². The van der Waals surface area contributed by atoms with E-state index in [1.807, 2.05) is 69.3 Å². The monoisotopic (exact) mass is 562 g/mol. The van der Waals surface area contributed by atoms with Crippen molar-refractivity contribution in [3.05, 3.63) is 71.6 Å². The van der Waals surface area contributed by atoms with Crippen LogP contribution in [-0.4, -0.2) is 30.1 Å². The summed E-state index contributed by atoms with van der Waals surface area (Å²) in [5, 5.41) is 12.1. The van der Waals surface area contributed by atoms with Crippen LogP contribution < -0.4 is 21.3 Å². The molecule has 1 heterocycles. The third kappa shape index (κ3) is 8.41. The number of benzene rings is 2. The van der Waals surface area contributed by atoms with E-state index in [1.165, 1.54) is 5.56 Å². The van der Waals surface area contributed by atoms with Gasteiger partial charge in [0.1, 0.15) is 6.26 Å². The molecule has 0 unspecified atom stereocenters. The van der Waals surface area contributed by atoms with Crippen molar-refractivity contribution in [1.29, 1.82) is 0 Å². The Morgan fingerprint density at radius 2 is 1.70 bits per heavy atom. The predicted molar refractivity (Wildman–Crippen MR) is 143 cm³/mol. The second-order valence-corrected chi connectivity index (χ2v) is 7.74. The second-order valence-electron chi connectivity index (χ2n) is 7.74. The molecule has 2 aromatic carbocycles. The summed E-state index contributed by atoms with van der Waals surface area (Å²) in [7, 11) is 1.72. The first-order chi connectivity index (χ1) is 15.4. The number of rotatable bonds is 7. The first-order valence-corrected chi connectivity index (χ1v) is 10.6. The van der Waals surface area contributed by atoms with Gasteiger partial charge in [0.05, 0.1) is 12.2 Å². The van der Waals surface area contributed by atoms with Crippen LogP contribution in [0, 0.1) is 6.92 Å². The van der Waals surface area contributed by atoms with Gasteiger partial charge in [-0.25, -0.2) is 9.78 Å². The molecule has 0 fully saturated rings. The van der Waals surface area contributed by atoms with Gasteiger partial charge in [0.15, 0.2) is 5.96 Å². The summed E-state index contributed by atoms with van der Waals surface area (Å²) in [5.74, 6) is 1.25. The number of aryl methyl sites for hydroxylation is 1. The zero-order valence-corrected chi connectivity index (χ0v) is 21.6. The Hall–Kier alpha value is -3.08. The summed E-state index contributed by atoms with van der Waals surface area (Å²) in [6.07, 6.45) is 1.65. The van der Waals surface area contributed by atoms with Gasteiger partial charge >= 0.3 is 6.03 Å². The Labute approximate surface area is 211 Å². The molecule has 0 bridgehead atoms. The van der Waals surface area contributed by atoms with Gasteiger partial charge in [0.2, 0.25) is 5.89 Å². The van der Waals surface area contributed by atoms with Crippen molar-refractivity contribution >= 4 is 41.7 Å². The molecule has 3 rings (SSSR count). The van der Waals surface area contributed by atoms with Crippen LogP contribution in [-0.2, 0) is 13.1 Å². The molecular formula is C24H31IN6O2. The Kier molecular flexibility index (Phi) is 10.2. The Balaban J connectivity index is 0.00000385. The molecule has 0 aliphatic heterocycles. The van der Waals surface area contributed by atoms with Gasteiger partial charge in [-0.1, -0.05) is 29.8 Å². The quantitative estimate of drug-likeness (QED) is 0.191. The van der Waals surface area contributed by atoms with Crippen molar-refractivity contribution in [3.63, 3.8) is 0 Å². The van der Waals surface area contributed by atoms with Crippen LogP contribution >= 0.6 is 24.0 Å². The lowest BCUT2D eigenvalue weighted by Crippen LogP contribution is -2.36. The van der Waals surface area contributed by atoms with E-state index in [0.717, 1.165) is 22.5 Å². The van der Waals surface area contributed by atoms with Gasteiger partial charge in [0.25, 0.3) is 0 Å². The molecule has 2 amide bonds. The van der Waals surface area contributed by atoms with Crippen molar-refractivity contribution in [2.24, 2.45) is 4.99 Å². The number of aliphatic imine (C=N–C) groups is 1. The van der Waals surface area contributed by atoms with Crippen molar-refractivity contribution in [3.8, 4) is 11.5 Å². The third-order valence-electron chi connectivity index (χ3n) is 4.60. The minimum Gasteiger partial charge on any atom is -0.444 e. The summed E-state index contributed by atoms with van der Waals surface area (Å²) in [6, 6.07) is 15.6. The molecule has 0 saturated carbocycles. The van der Waals surface area contributed by atoms with Crippen molar-refractivity contribution in [2.75, 3.05) is 12.4 Å². The average molecular weight is 562 g/mol. The van der Waals surface area contributed by atoms with E-state index >= 15 is 0 Å². The fourth-order valence-corrected chi connectivity index (χ4v) is 2.93. The fourth-order valence-electron chi connectivity index (χ4n) is 2.93. The summed E-state index contributed by atoms with van der Waals surface area (Å²) in [6.45, 7) is 6.96. The highest BCUT2D eigenvalue weighted by Gasteiger charge is 2.08. The molecule has 0 spiro atoms. The molecule has 3 aromatic rings. The number of halogens is 1. The van der Waals surface area contributed by atoms with Crippen molar-refractivity contribution in [1.82, 2.24) is 20.9 Å². The van der Waals surface area contributed by atoms with E-state index in [2.05, 4.69) is 31.2 Å². The normalized spacial score (nSPS) is 11.0. The number of oxazole rings is 1. The lowest BCUT2D eigenvalue weighted by Gasteiger charge is -2.12. The fraction of sp³-hybridized carbons (Fsp3) is 0.292. The van der Waals surface area contributed by atoms with Gasteiger partial charge < -0.3 is 25.7 Å². The maximum absolute atomic E-state index is 11.8. The second kappa shape index (κ2) is 12.8. The SMILES string of the molecule is CN=C(NCc1ccc(NC(=O)NC(C)C)cc1)NCc1coc(-c2ccc(C)cc2)n1.I. The molecule has 8 nitrogen and oxygen atoms in total. The third-order valence-corrected chi connectivity index (χ3v) is 4.60. The lowest BCUT2D eigenvalue weighted by atomic mass is 10.1. The van der Waals surface area contributed by atoms with Crippen LogP contribution in [0.4, 0.5) is 10.5 Å². The first kappa shape index (κ1) is 26.2. The number of hydrogen-bond donors (Lipinski definition) is 4. The Morgan fingerprint density at radius 1 is 1.03 bits per heavy atom. The van der Waals surface area contributed by atoms with Gasteiger partial charge in [-0.2, -0.15) is 0 Å². The van der Waals surface area contributed by atoms with Crippen LogP contribution in [0.25, 0.3) is 11.5 Å². The van der Waals surface area contributed by atoms with E-state index in [4.69, 9.17) is 4.42 Å². The minimum atomic E-state index is -0.214. The Bertz CT molecular complexity index is 1050. The summed E-state index contributed by atoms with van der Waals surface area (Å²) < 4.78 is 5.60. The Morgan fingerprint density at radius 3 is 2.33 bits per heavy atom. The number of urea groups is 1. The highest BCUT2D eigenvalue weighted by atomic mass is 127. The highest BCUT2D eigenvalue weighted by molar-refractivity contribution is 14.0. The molecule has 33 heavy (non-hydrogen) atoms. The largest absolute Gasteiger partial charge is 0.444 e. The molecule has 0 radical (unpaired) electrons. The molecule has 0 atom stereocenters. The number of anilines is 1. The standard InChI is InChI=1S/C24H30N6O2.HI/c1-16(2)28-24(31)30-20-11-7-18(8-12-20)13-26-23(25-4)27-14-21-15-32-22(29-21)19-9-5-17(3)6-10-19;/h5-12,15-16H,13-14H2,1-4H3,(H2,25,26,27)(H2,28,30,31);1H. The average Bonchev–Trinajstić information content (AvgIpc) is 3.24. The molecule has 1 aromatic heterocycles. The number of aromatic nitrogens is 1. The van der Waals surface area contributed by atoms with Gasteiger partial charge in [-0.3, -0.25) is 4.99 Å². The first-order valence-electron chi connectivity index (χ1n) is 10.6. The lowest BCUT2D eigenvalue weighted by molar-refractivity contribution is 0.250. The summed E-state index contributed by atoms with van der Waals surface area (Å²) in [5.41, 5.74) is 4.73. The number of nitrogens with zero attached hydrogens (tertiary/aromatic N) is 2. The smallest absolute Gasteiger partial charge is 0.319 e. The maximum Gasteiger partial charge on any atom is 0.319 e. The van der Waals surface area contributed by atoms with E-state index in [9.17, 15) is 4.79 Å². The number of guanidine groups is 1. The molecule has 0 aliphatic carbocycles. The molecule has 0 saturated heterocycles. The number of carbonyl (C=O) groups excluding carboxylic acids is 1. The van der Waals surface area contributed by atoms with E-state index in [1.54, 1.807) is 13.3 Å². The highest BCUT2D eigenvalue weighted by Crippen LogP contribution is 2.19. The van der Waals surface area contributed by atoms with Crippen molar-refractivity contribution in [2.45, 2.75) is 39.9 Å². The molecular weight excluding hydrogens is 531 g/mol. The van der Waals surface area contributed by atoms with Gasteiger partial charge in [0, 0.05) is 30.9 Å². The number of carbonyl (C=O) groups is 1. The van der Waals surface area contributed by atoms with Crippen molar-refractivity contribution < 1.29 is 9.21 Å². The van der Waals surface area contributed by atoms with Crippen LogP contribution in [0.3, 0.4) is 0 Å². The van der Waals surface area contributed by atoms with Gasteiger partial charge in [-0.05, 0) is 50.6 Å². The number of nitrogens with one attached hydrogen (secondary N) is 4. The van der Waals surface area contributed by atoms with Crippen LogP contribution in [0.5, 0.6) is 0 Å². The maximum atomic E-state index is 11.8. The number of hydrogen-bond acceptors (Lipinski definition) is 4. The minimum absolute atomic E-state index is 0. The van der Waals surface area contributed by atoms with Crippen LogP contribution in [0.1, 0.15) is 30.7 Å². The molecule has 0 aliphatic rings. The molecule has 9 heteroatoms. The zero-order valence-electron chi connectivity index (χ0n) is 19.3. The molecule has 4 N–H and O–H groups in total. The predicted octanol–water partition coefficient (Wildman–Crippen LogP) is 4.66. The van der Waals surface area contributed by atoms with Crippen LogP contribution in [0.2, 0.25) is 0 Å². The topological polar surface area (TPSA) is 104 Å². The summed E-state index contributed by atoms with van der Waals surface area (Å²) in [4.78, 5) is 20.6. The molecule has 176 valence electrons. The van der Waals surface area contributed by atoms with Gasteiger partial charge in [-0.15, -0.1) is 24.0 Å². The van der Waals surface area contributed by atoms with Crippen LogP contribution in [0.15, 0.2) is 64.2 Å².